The molecule has 44 heavy (non-hydrogen) atoms. The Balaban J connectivity index is 1.61. The van der Waals surface area contributed by atoms with Gasteiger partial charge in [0.15, 0.2) is 5.76 Å². The van der Waals surface area contributed by atoms with Crippen LogP contribution < -0.4 is 10.2 Å². The average molecular weight is 612 g/mol. The number of benzene rings is 1. The van der Waals surface area contributed by atoms with Gasteiger partial charge in [-0.3, -0.25) is 34.0 Å². The van der Waals surface area contributed by atoms with Crippen LogP contribution in [0.15, 0.2) is 28.7 Å². The van der Waals surface area contributed by atoms with Gasteiger partial charge >= 0.3 is 5.91 Å². The molecular weight excluding hydrogens is 564 g/mol. The van der Waals surface area contributed by atoms with Gasteiger partial charge in [0.2, 0.25) is 23.8 Å². The molecule has 3 aliphatic rings. The standard InChI is InChI=1S/C33H46N4O7/c1-22(2)7-11-29(38)35-13-5-6-26-31(40)33(35)37(14-17-42-18-15-37)16-19-43-25-9-10-27-24(20-25)21-28(44-27)32(41)34-36(26)30(39)12-8-23(3)4/h9-10,20-23,26,33H,5-8,11-19H2,1-4H3/p+1/t26?,33-/m0/s1. The highest BCUT2D eigenvalue weighted by Gasteiger charge is 2.53. The van der Waals surface area contributed by atoms with Crippen molar-refractivity contribution in [2.75, 3.05) is 46.0 Å². The molecule has 3 aliphatic heterocycles. The number of amides is 3. The van der Waals surface area contributed by atoms with Crippen LogP contribution in [0.4, 0.5) is 0 Å². The van der Waals surface area contributed by atoms with Crippen molar-refractivity contribution in [2.45, 2.75) is 78.4 Å². The summed E-state index contributed by atoms with van der Waals surface area (Å²) in [6.07, 6.45) is 1.85. The molecule has 1 unspecified atom stereocenters. The second-order valence-electron chi connectivity index (χ2n) is 13.3. The van der Waals surface area contributed by atoms with Crippen LogP contribution in [0.2, 0.25) is 0 Å². The Morgan fingerprint density at radius 1 is 0.955 bits per heavy atom. The van der Waals surface area contributed by atoms with E-state index in [1.165, 1.54) is 5.01 Å². The van der Waals surface area contributed by atoms with E-state index in [1.54, 1.807) is 23.1 Å². The van der Waals surface area contributed by atoms with Crippen LogP contribution in [0.1, 0.15) is 76.8 Å². The van der Waals surface area contributed by atoms with Gasteiger partial charge < -0.3 is 13.9 Å². The first kappa shape index (κ1) is 32.0. The predicted molar refractivity (Wildman–Crippen MR) is 163 cm³/mol. The summed E-state index contributed by atoms with van der Waals surface area (Å²) in [5.41, 5.74) is 3.30. The Kier molecular flexibility index (Phi) is 9.94. The number of ketones is 1. The number of likely N-dealkylation sites (tertiary alicyclic amines) is 1. The van der Waals surface area contributed by atoms with E-state index < -0.39 is 18.1 Å². The number of carbonyl (C=O) groups excluding carboxylic acids is 4. The maximum atomic E-state index is 14.9. The summed E-state index contributed by atoms with van der Waals surface area (Å²) in [4.78, 5) is 58.0. The Morgan fingerprint density at radius 3 is 2.34 bits per heavy atom. The van der Waals surface area contributed by atoms with E-state index >= 15 is 0 Å². The van der Waals surface area contributed by atoms with E-state index in [9.17, 15) is 19.2 Å². The van der Waals surface area contributed by atoms with Crippen molar-refractivity contribution >= 4 is 34.5 Å². The summed E-state index contributed by atoms with van der Waals surface area (Å²) < 4.78 is 18.1. The summed E-state index contributed by atoms with van der Waals surface area (Å²) >= 11 is 0. The van der Waals surface area contributed by atoms with Crippen molar-refractivity contribution < 1.29 is 37.6 Å². The molecule has 5 bridgehead atoms. The molecule has 11 heteroatoms. The number of hydrogen-bond donors (Lipinski definition) is 1. The Morgan fingerprint density at radius 2 is 1.64 bits per heavy atom. The zero-order valence-electron chi connectivity index (χ0n) is 26.5. The van der Waals surface area contributed by atoms with Gasteiger partial charge in [-0.05, 0) is 61.8 Å². The molecule has 2 saturated heterocycles. The second-order valence-corrected chi connectivity index (χ2v) is 13.3. The quantitative estimate of drug-likeness (QED) is 0.492. The third kappa shape index (κ3) is 6.94. The molecule has 1 spiro atoms. The normalized spacial score (nSPS) is 22.7. The van der Waals surface area contributed by atoms with E-state index in [2.05, 4.69) is 19.3 Å². The third-order valence-corrected chi connectivity index (χ3v) is 9.15. The fourth-order valence-electron chi connectivity index (χ4n) is 6.56. The van der Waals surface area contributed by atoms with Crippen molar-refractivity contribution in [3.63, 3.8) is 0 Å². The van der Waals surface area contributed by atoms with Gasteiger partial charge in [-0.15, -0.1) is 0 Å². The lowest BCUT2D eigenvalue weighted by atomic mass is 10.0. The molecule has 2 atom stereocenters. The number of ether oxygens (including phenoxy) is 2. The van der Waals surface area contributed by atoms with Gasteiger partial charge in [-0.1, -0.05) is 27.7 Å². The van der Waals surface area contributed by atoms with Crippen molar-refractivity contribution in [2.24, 2.45) is 11.8 Å². The van der Waals surface area contributed by atoms with Crippen LogP contribution in [0, 0.1) is 11.8 Å². The second kappa shape index (κ2) is 13.7. The lowest BCUT2D eigenvalue weighted by Gasteiger charge is -2.49. The largest absolute Gasteiger partial charge is 0.488 e. The van der Waals surface area contributed by atoms with Gasteiger partial charge in [-0.2, -0.15) is 0 Å². The maximum absolute atomic E-state index is 14.9. The Labute approximate surface area is 259 Å². The highest BCUT2D eigenvalue weighted by molar-refractivity contribution is 5.99. The van der Waals surface area contributed by atoms with Crippen LogP contribution in [-0.4, -0.2) is 96.1 Å². The molecule has 0 radical (unpaired) electrons. The van der Waals surface area contributed by atoms with E-state index in [1.807, 2.05) is 19.9 Å². The van der Waals surface area contributed by atoms with Crippen molar-refractivity contribution in [1.29, 1.82) is 0 Å². The van der Waals surface area contributed by atoms with E-state index in [4.69, 9.17) is 13.9 Å². The van der Waals surface area contributed by atoms with Gasteiger partial charge in [-0.25, -0.2) is 5.01 Å². The molecule has 2 fully saturated rings. The molecule has 1 aromatic carbocycles. The number of morpholine rings is 1. The molecule has 1 N–H and O–H groups in total. The maximum Gasteiger partial charge on any atom is 0.305 e. The number of carbonyl (C=O) groups is 4. The minimum absolute atomic E-state index is 0.0356. The average Bonchev–Trinajstić information content (AvgIpc) is 3.34. The zero-order valence-corrected chi connectivity index (χ0v) is 26.5. The van der Waals surface area contributed by atoms with Gasteiger partial charge in [0.25, 0.3) is 0 Å². The van der Waals surface area contributed by atoms with E-state index in [-0.39, 0.29) is 35.7 Å². The zero-order chi connectivity index (χ0) is 31.4. The molecule has 4 heterocycles. The number of hydrogen-bond acceptors (Lipinski definition) is 7. The summed E-state index contributed by atoms with van der Waals surface area (Å²) in [6, 6.07) is 6.05. The number of nitrogens with zero attached hydrogens (tertiary/aromatic N) is 3. The summed E-state index contributed by atoms with van der Waals surface area (Å²) in [5.74, 6) is 0.0192. The lowest BCUT2D eigenvalue weighted by molar-refractivity contribution is -0.957. The van der Waals surface area contributed by atoms with Crippen LogP contribution >= 0.6 is 0 Å². The van der Waals surface area contributed by atoms with Crippen LogP contribution in [0.5, 0.6) is 5.75 Å². The number of quaternary nitrogens is 1. The Bertz CT molecular complexity index is 1360. The fourth-order valence-corrected chi connectivity index (χ4v) is 6.56. The van der Waals surface area contributed by atoms with Crippen molar-refractivity contribution in [3.8, 4) is 5.75 Å². The topological polar surface area (TPSA) is 118 Å². The molecule has 0 aliphatic carbocycles. The van der Waals surface area contributed by atoms with Crippen molar-refractivity contribution in [3.05, 3.63) is 30.0 Å². The smallest absolute Gasteiger partial charge is 0.305 e. The number of nitrogens with one attached hydrogen (secondary N) is 1. The first-order chi connectivity index (χ1) is 21.1. The summed E-state index contributed by atoms with van der Waals surface area (Å²) in [6.45, 7) is 11.3. The van der Waals surface area contributed by atoms with Crippen molar-refractivity contribution in [1.82, 2.24) is 15.3 Å². The monoisotopic (exact) mass is 611 g/mol. The van der Waals surface area contributed by atoms with Gasteiger partial charge in [0.05, 0.1) is 13.2 Å². The number of rotatable bonds is 6. The summed E-state index contributed by atoms with van der Waals surface area (Å²) in [7, 11) is 0. The number of Topliss-reactive ketones (excluding diaryl/α,β-unsaturated/α-hetero) is 1. The molecular formula is C33H47N4O7+. The fraction of sp³-hybridized carbons (Fsp3) is 0.636. The van der Waals surface area contributed by atoms with E-state index in [0.717, 1.165) is 6.42 Å². The minimum Gasteiger partial charge on any atom is -0.488 e. The van der Waals surface area contributed by atoms with Crippen LogP contribution in [-0.2, 0) is 19.1 Å². The number of furan rings is 1. The first-order valence-electron chi connectivity index (χ1n) is 16.1. The Hall–Kier alpha value is -3.44. The highest BCUT2D eigenvalue weighted by atomic mass is 16.5. The number of hydrazine groups is 1. The predicted octanol–water partition coefficient (Wildman–Crippen LogP) is 3.90. The first-order valence-corrected chi connectivity index (χ1v) is 16.1. The number of fused-ring (bicyclic) bond motifs is 5. The molecule has 5 rings (SSSR count). The SMILES string of the molecule is CC(C)CCC(=O)N1NC(=O)c2cc3cc(ccc3o2)OCC[N+]2(CCOCC2)[C@H]2C(=O)C1CCCN2C(=O)CCC(C)C. The van der Waals surface area contributed by atoms with Crippen LogP contribution in [0.25, 0.3) is 11.0 Å². The molecule has 1 aromatic heterocycles. The van der Waals surface area contributed by atoms with Gasteiger partial charge in [0.1, 0.15) is 43.6 Å². The lowest BCUT2D eigenvalue weighted by Crippen LogP contribution is -2.72. The van der Waals surface area contributed by atoms with Crippen LogP contribution in [0.3, 0.4) is 0 Å². The molecule has 240 valence electrons. The van der Waals surface area contributed by atoms with Gasteiger partial charge in [0, 0.05) is 24.8 Å². The molecule has 0 saturated carbocycles. The molecule has 3 amide bonds. The molecule has 2 aromatic rings. The molecule has 11 nitrogen and oxygen atoms in total. The minimum atomic E-state index is -0.939. The highest BCUT2D eigenvalue weighted by Crippen LogP contribution is 2.31. The van der Waals surface area contributed by atoms with E-state index in [0.29, 0.717) is 98.8 Å². The third-order valence-electron chi connectivity index (χ3n) is 9.15. The summed E-state index contributed by atoms with van der Waals surface area (Å²) in [5, 5.41) is 1.94.